The van der Waals surface area contributed by atoms with Crippen LogP contribution in [-0.2, 0) is 11.2 Å². The van der Waals surface area contributed by atoms with Crippen molar-refractivity contribution in [1.29, 1.82) is 0 Å². The lowest BCUT2D eigenvalue weighted by Gasteiger charge is -2.37. The molecule has 7 heteroatoms. The molecule has 0 bridgehead atoms. The summed E-state index contributed by atoms with van der Waals surface area (Å²) in [5.41, 5.74) is 2.72. The van der Waals surface area contributed by atoms with Gasteiger partial charge in [0.05, 0.1) is 6.04 Å². The lowest BCUT2D eigenvalue weighted by atomic mass is 10.00. The predicted octanol–water partition coefficient (Wildman–Crippen LogP) is 5.52. The molecule has 3 aromatic rings. The zero-order valence-electron chi connectivity index (χ0n) is 19.1. The molecule has 176 valence electrons. The highest BCUT2D eigenvalue weighted by molar-refractivity contribution is 7.10. The van der Waals surface area contributed by atoms with Crippen LogP contribution in [0.5, 0.6) is 5.75 Å². The van der Waals surface area contributed by atoms with Crippen LogP contribution in [0.4, 0.5) is 0 Å². The molecule has 1 fully saturated rings. The number of amides is 2. The van der Waals surface area contributed by atoms with E-state index >= 15 is 0 Å². The highest BCUT2D eigenvalue weighted by Crippen LogP contribution is 2.35. The second-order valence-electron chi connectivity index (χ2n) is 8.90. The lowest BCUT2D eigenvalue weighted by Crippen LogP contribution is -2.48. The molecule has 1 atom stereocenters. The van der Waals surface area contributed by atoms with Gasteiger partial charge >= 0.3 is 0 Å². The van der Waals surface area contributed by atoms with Gasteiger partial charge in [0.25, 0.3) is 5.91 Å². The van der Waals surface area contributed by atoms with E-state index in [1.807, 2.05) is 60.4 Å². The molecule has 34 heavy (non-hydrogen) atoms. The van der Waals surface area contributed by atoms with Gasteiger partial charge in [-0.1, -0.05) is 29.8 Å². The molecule has 2 aliphatic rings. The number of hydrogen-bond acceptors (Lipinski definition) is 4. The van der Waals surface area contributed by atoms with E-state index in [1.54, 1.807) is 16.2 Å². The molecule has 5 rings (SSSR count). The summed E-state index contributed by atoms with van der Waals surface area (Å²) in [6, 6.07) is 16.9. The van der Waals surface area contributed by atoms with Gasteiger partial charge in [0, 0.05) is 28.0 Å². The first-order valence-corrected chi connectivity index (χ1v) is 12.9. The molecule has 0 spiro atoms. The Balaban J connectivity index is 1.34. The van der Waals surface area contributed by atoms with E-state index in [4.69, 9.17) is 16.3 Å². The number of hydrogen-bond donors (Lipinski definition) is 0. The van der Waals surface area contributed by atoms with Crippen molar-refractivity contribution in [2.45, 2.75) is 38.3 Å². The van der Waals surface area contributed by atoms with Crippen molar-refractivity contribution in [2.24, 2.45) is 0 Å². The minimum atomic E-state index is -0.189. The lowest BCUT2D eigenvalue weighted by molar-refractivity contribution is -0.135. The molecule has 2 heterocycles. The maximum atomic E-state index is 13.6. The second-order valence-corrected chi connectivity index (χ2v) is 10.3. The molecule has 0 radical (unpaired) electrons. The maximum absolute atomic E-state index is 13.6. The van der Waals surface area contributed by atoms with E-state index in [2.05, 4.69) is 11.4 Å². The van der Waals surface area contributed by atoms with Crippen LogP contribution in [0.3, 0.4) is 0 Å². The van der Waals surface area contributed by atoms with Crippen molar-refractivity contribution < 1.29 is 14.3 Å². The summed E-state index contributed by atoms with van der Waals surface area (Å²) >= 11 is 7.88. The van der Waals surface area contributed by atoms with Gasteiger partial charge in [-0.05, 0) is 79.1 Å². The fourth-order valence-electron chi connectivity index (χ4n) is 4.49. The van der Waals surface area contributed by atoms with E-state index in [9.17, 15) is 9.59 Å². The quantitative estimate of drug-likeness (QED) is 0.434. The Morgan fingerprint density at radius 2 is 1.94 bits per heavy atom. The number of thiophene rings is 1. The molecule has 5 nitrogen and oxygen atoms in total. The topological polar surface area (TPSA) is 49.9 Å². The number of benzene rings is 2. The summed E-state index contributed by atoms with van der Waals surface area (Å²) < 4.78 is 6.14. The molecule has 1 aromatic heterocycles. The highest BCUT2D eigenvalue weighted by Gasteiger charge is 2.38. The van der Waals surface area contributed by atoms with Crippen LogP contribution < -0.4 is 4.74 Å². The number of fused-ring (bicyclic) bond motifs is 1. The Hall–Kier alpha value is -2.83. The van der Waals surface area contributed by atoms with Gasteiger partial charge in [0.15, 0.2) is 0 Å². The van der Waals surface area contributed by atoms with Crippen molar-refractivity contribution in [3.05, 3.63) is 86.6 Å². The van der Waals surface area contributed by atoms with E-state index in [0.29, 0.717) is 23.7 Å². The predicted molar refractivity (Wildman–Crippen MR) is 135 cm³/mol. The largest absolute Gasteiger partial charge is 0.491 e. The molecule has 1 unspecified atom stereocenters. The van der Waals surface area contributed by atoms with E-state index in [0.717, 1.165) is 36.1 Å². The van der Waals surface area contributed by atoms with Crippen LogP contribution in [-0.4, -0.2) is 47.4 Å². The Labute approximate surface area is 208 Å². The van der Waals surface area contributed by atoms with Crippen molar-refractivity contribution in [3.8, 4) is 5.75 Å². The van der Waals surface area contributed by atoms with Crippen LogP contribution in [0.1, 0.15) is 45.2 Å². The molecular formula is C27H27ClN2O3S. The minimum absolute atomic E-state index is 0.0334. The number of nitrogens with zero attached hydrogens (tertiary/aromatic N) is 2. The summed E-state index contributed by atoms with van der Waals surface area (Å²) in [6.45, 7) is 3.01. The van der Waals surface area contributed by atoms with E-state index in [-0.39, 0.29) is 30.4 Å². The first kappa shape index (κ1) is 22.9. The number of rotatable bonds is 7. The summed E-state index contributed by atoms with van der Waals surface area (Å²) in [5, 5.41) is 2.78. The highest BCUT2D eigenvalue weighted by atomic mass is 35.5. The van der Waals surface area contributed by atoms with Gasteiger partial charge in [-0.15, -0.1) is 11.3 Å². The van der Waals surface area contributed by atoms with Gasteiger partial charge in [0.1, 0.15) is 18.9 Å². The molecule has 1 saturated carbocycles. The van der Waals surface area contributed by atoms with Crippen LogP contribution in [0.25, 0.3) is 0 Å². The number of aryl methyl sites for hydroxylation is 1. The smallest absolute Gasteiger partial charge is 0.254 e. The summed E-state index contributed by atoms with van der Waals surface area (Å²) in [5.74, 6) is 0.624. The molecule has 2 aromatic carbocycles. The fraction of sp³-hybridized carbons (Fsp3) is 0.333. The minimum Gasteiger partial charge on any atom is -0.491 e. The van der Waals surface area contributed by atoms with Crippen LogP contribution in [0.2, 0.25) is 5.02 Å². The fourth-order valence-corrected chi connectivity index (χ4v) is 5.54. The third kappa shape index (κ3) is 4.84. The Kier molecular flexibility index (Phi) is 6.61. The third-order valence-corrected chi connectivity index (χ3v) is 7.95. The van der Waals surface area contributed by atoms with Gasteiger partial charge in [-0.2, -0.15) is 0 Å². The molecule has 0 saturated heterocycles. The molecule has 1 aliphatic carbocycles. The normalized spacial score (nSPS) is 17.2. The molecule has 2 amide bonds. The van der Waals surface area contributed by atoms with Crippen molar-refractivity contribution in [1.82, 2.24) is 9.80 Å². The zero-order chi connectivity index (χ0) is 23.7. The second kappa shape index (κ2) is 9.80. The van der Waals surface area contributed by atoms with Crippen molar-refractivity contribution >= 4 is 34.8 Å². The average Bonchev–Trinajstić information content (AvgIpc) is 3.58. The number of carbonyl (C=O) groups is 2. The van der Waals surface area contributed by atoms with Gasteiger partial charge < -0.3 is 14.5 Å². The van der Waals surface area contributed by atoms with Gasteiger partial charge in [-0.25, -0.2) is 0 Å². The Morgan fingerprint density at radius 3 is 2.68 bits per heavy atom. The average molecular weight is 495 g/mol. The molecular weight excluding hydrogens is 468 g/mol. The van der Waals surface area contributed by atoms with Crippen LogP contribution >= 0.6 is 22.9 Å². The zero-order valence-corrected chi connectivity index (χ0v) is 20.6. The number of halogens is 1. The molecule has 1 aliphatic heterocycles. The Bertz CT molecular complexity index is 1190. The van der Waals surface area contributed by atoms with Gasteiger partial charge in [0.2, 0.25) is 5.91 Å². The number of ether oxygens (including phenoxy) is 1. The molecule has 0 N–H and O–H groups in total. The van der Waals surface area contributed by atoms with Crippen molar-refractivity contribution in [3.63, 3.8) is 0 Å². The standard InChI is InChI=1S/C27H27ClN2O3S/c1-18-15-21(9-10-23(18)28)33-17-24-22-12-14-34-25(22)11-13-29(24)26(31)16-30(20-7-8-20)27(32)19-5-3-2-4-6-19/h2-6,9-10,12,14-15,20,24H,7-8,11,13,16-17H2,1H3. The first-order valence-electron chi connectivity index (χ1n) is 11.6. The van der Waals surface area contributed by atoms with E-state index < -0.39 is 0 Å². The van der Waals surface area contributed by atoms with E-state index in [1.165, 1.54) is 4.88 Å². The summed E-state index contributed by atoms with van der Waals surface area (Å²) in [4.78, 5) is 31.7. The van der Waals surface area contributed by atoms with Crippen LogP contribution in [0, 0.1) is 6.92 Å². The summed E-state index contributed by atoms with van der Waals surface area (Å²) in [7, 11) is 0. The van der Waals surface area contributed by atoms with Gasteiger partial charge in [-0.3, -0.25) is 9.59 Å². The summed E-state index contributed by atoms with van der Waals surface area (Å²) in [6.07, 6.45) is 2.72. The SMILES string of the molecule is Cc1cc(OCC2c3ccsc3CCN2C(=O)CN(C(=O)c2ccccc2)C2CC2)ccc1Cl. The monoisotopic (exact) mass is 494 g/mol. The van der Waals surface area contributed by atoms with Crippen LogP contribution in [0.15, 0.2) is 60.0 Å². The number of carbonyl (C=O) groups excluding carboxylic acids is 2. The van der Waals surface area contributed by atoms with Crippen molar-refractivity contribution in [2.75, 3.05) is 19.7 Å². The first-order chi connectivity index (χ1) is 16.5. The third-order valence-electron chi connectivity index (χ3n) is 6.53. The Morgan fingerprint density at radius 1 is 1.15 bits per heavy atom. The maximum Gasteiger partial charge on any atom is 0.254 e.